The maximum atomic E-state index is 13.0. The zero-order chi connectivity index (χ0) is 15.2. The van der Waals surface area contributed by atoms with Crippen molar-refractivity contribution in [2.24, 2.45) is 5.73 Å². The summed E-state index contributed by atoms with van der Waals surface area (Å²) in [5.41, 5.74) is 6.47. The standard InChI is InChI=1S/C16H17FN2O2/c17-13-5-7-14(8-6-13)19(10-2-9-18)16(21)12-3-1-4-15(20)11-12/h1,3-8,11,20H,2,9-10,18H2. The van der Waals surface area contributed by atoms with Gasteiger partial charge in [0.2, 0.25) is 0 Å². The Morgan fingerprint density at radius 2 is 1.90 bits per heavy atom. The molecule has 0 saturated heterocycles. The predicted molar refractivity (Wildman–Crippen MR) is 79.9 cm³/mol. The van der Waals surface area contributed by atoms with Crippen molar-refractivity contribution in [3.63, 3.8) is 0 Å². The van der Waals surface area contributed by atoms with Crippen LogP contribution < -0.4 is 10.6 Å². The van der Waals surface area contributed by atoms with Gasteiger partial charge in [0.1, 0.15) is 11.6 Å². The smallest absolute Gasteiger partial charge is 0.258 e. The number of aromatic hydroxyl groups is 1. The van der Waals surface area contributed by atoms with Gasteiger partial charge in [0, 0.05) is 17.8 Å². The third kappa shape index (κ3) is 3.79. The normalized spacial score (nSPS) is 10.4. The van der Waals surface area contributed by atoms with E-state index in [1.54, 1.807) is 24.3 Å². The van der Waals surface area contributed by atoms with Crippen LogP contribution in [-0.2, 0) is 0 Å². The van der Waals surface area contributed by atoms with E-state index in [2.05, 4.69) is 0 Å². The monoisotopic (exact) mass is 288 g/mol. The van der Waals surface area contributed by atoms with Crippen molar-refractivity contribution in [1.82, 2.24) is 0 Å². The summed E-state index contributed by atoms with van der Waals surface area (Å²) in [5, 5.41) is 9.49. The third-order valence-corrected chi connectivity index (χ3v) is 3.06. The second-order valence-electron chi connectivity index (χ2n) is 4.63. The van der Waals surface area contributed by atoms with Crippen molar-refractivity contribution in [2.75, 3.05) is 18.0 Å². The van der Waals surface area contributed by atoms with E-state index in [0.29, 0.717) is 30.8 Å². The number of halogens is 1. The highest BCUT2D eigenvalue weighted by molar-refractivity contribution is 6.06. The Kier molecular flexibility index (Phi) is 4.90. The van der Waals surface area contributed by atoms with Gasteiger partial charge in [0.25, 0.3) is 5.91 Å². The minimum absolute atomic E-state index is 0.0266. The van der Waals surface area contributed by atoms with E-state index in [9.17, 15) is 14.3 Å². The Labute approximate surface area is 122 Å². The fraction of sp³-hybridized carbons (Fsp3) is 0.188. The number of rotatable bonds is 5. The molecule has 0 bridgehead atoms. The number of anilines is 1. The molecular formula is C16H17FN2O2. The van der Waals surface area contributed by atoms with Gasteiger partial charge in [0.15, 0.2) is 0 Å². The SMILES string of the molecule is NCCCN(C(=O)c1cccc(O)c1)c1ccc(F)cc1. The Bertz CT molecular complexity index is 614. The Balaban J connectivity index is 2.31. The number of amides is 1. The number of benzene rings is 2. The van der Waals surface area contributed by atoms with Gasteiger partial charge in [-0.3, -0.25) is 4.79 Å². The maximum Gasteiger partial charge on any atom is 0.258 e. The second kappa shape index (κ2) is 6.85. The molecule has 5 heteroatoms. The Morgan fingerprint density at radius 1 is 1.19 bits per heavy atom. The predicted octanol–water partition coefficient (Wildman–Crippen LogP) is 2.53. The molecule has 0 heterocycles. The van der Waals surface area contributed by atoms with E-state index >= 15 is 0 Å². The summed E-state index contributed by atoms with van der Waals surface area (Å²) < 4.78 is 13.0. The van der Waals surface area contributed by atoms with Crippen molar-refractivity contribution in [3.05, 3.63) is 59.9 Å². The quantitative estimate of drug-likeness (QED) is 0.888. The summed E-state index contributed by atoms with van der Waals surface area (Å²) in [6.45, 7) is 0.877. The van der Waals surface area contributed by atoms with Crippen LogP contribution in [0.15, 0.2) is 48.5 Å². The summed E-state index contributed by atoms with van der Waals surface area (Å²) in [6.07, 6.45) is 0.627. The number of carbonyl (C=O) groups excluding carboxylic acids is 1. The van der Waals surface area contributed by atoms with Crippen molar-refractivity contribution in [3.8, 4) is 5.75 Å². The van der Waals surface area contributed by atoms with Crippen LogP contribution in [0.3, 0.4) is 0 Å². The molecule has 1 amide bonds. The molecule has 110 valence electrons. The molecule has 0 unspecified atom stereocenters. The summed E-state index contributed by atoms with van der Waals surface area (Å²) >= 11 is 0. The highest BCUT2D eigenvalue weighted by Crippen LogP contribution is 2.20. The minimum atomic E-state index is -0.359. The van der Waals surface area contributed by atoms with Gasteiger partial charge >= 0.3 is 0 Å². The highest BCUT2D eigenvalue weighted by atomic mass is 19.1. The van der Waals surface area contributed by atoms with Crippen LogP contribution in [0, 0.1) is 5.82 Å². The lowest BCUT2D eigenvalue weighted by Gasteiger charge is -2.23. The number of phenols is 1. The molecule has 21 heavy (non-hydrogen) atoms. The van der Waals surface area contributed by atoms with Crippen molar-refractivity contribution in [2.45, 2.75) is 6.42 Å². The molecule has 0 fully saturated rings. The van der Waals surface area contributed by atoms with E-state index in [0.717, 1.165) is 0 Å². The average molecular weight is 288 g/mol. The van der Waals surface area contributed by atoms with Crippen LogP contribution in [0.5, 0.6) is 5.75 Å². The number of carbonyl (C=O) groups is 1. The van der Waals surface area contributed by atoms with Gasteiger partial charge in [-0.2, -0.15) is 0 Å². The van der Waals surface area contributed by atoms with Crippen molar-refractivity contribution in [1.29, 1.82) is 0 Å². The lowest BCUT2D eigenvalue weighted by Crippen LogP contribution is -2.33. The van der Waals surface area contributed by atoms with Gasteiger partial charge < -0.3 is 15.7 Å². The fourth-order valence-corrected chi connectivity index (χ4v) is 2.01. The Hall–Kier alpha value is -2.40. The average Bonchev–Trinajstić information content (AvgIpc) is 2.49. The summed E-state index contributed by atoms with van der Waals surface area (Å²) in [4.78, 5) is 14.1. The van der Waals surface area contributed by atoms with Gasteiger partial charge in [-0.25, -0.2) is 4.39 Å². The van der Waals surface area contributed by atoms with E-state index in [1.165, 1.54) is 29.2 Å². The number of nitrogens with two attached hydrogens (primary N) is 1. The molecule has 3 N–H and O–H groups in total. The fourth-order valence-electron chi connectivity index (χ4n) is 2.01. The lowest BCUT2D eigenvalue weighted by atomic mass is 10.1. The first-order chi connectivity index (χ1) is 10.1. The number of phenolic OH excluding ortho intramolecular Hbond substituents is 1. The van der Waals surface area contributed by atoms with Gasteiger partial charge in [-0.15, -0.1) is 0 Å². The van der Waals surface area contributed by atoms with Crippen LogP contribution in [0.2, 0.25) is 0 Å². The first-order valence-electron chi connectivity index (χ1n) is 6.68. The van der Waals surface area contributed by atoms with Crippen LogP contribution >= 0.6 is 0 Å². The van der Waals surface area contributed by atoms with Crippen LogP contribution in [-0.4, -0.2) is 24.1 Å². The molecule has 2 aromatic rings. The van der Waals surface area contributed by atoms with Crippen molar-refractivity contribution < 1.29 is 14.3 Å². The van der Waals surface area contributed by atoms with Gasteiger partial charge in [-0.1, -0.05) is 6.07 Å². The van der Waals surface area contributed by atoms with E-state index in [1.807, 2.05) is 0 Å². The zero-order valence-electron chi connectivity index (χ0n) is 11.5. The first kappa shape index (κ1) is 15.0. The second-order valence-corrected chi connectivity index (χ2v) is 4.63. The topological polar surface area (TPSA) is 66.6 Å². The summed E-state index contributed by atoms with van der Waals surface area (Å²) in [5.74, 6) is -0.591. The van der Waals surface area contributed by atoms with E-state index in [4.69, 9.17) is 5.73 Å². The lowest BCUT2D eigenvalue weighted by molar-refractivity contribution is 0.0986. The number of hydrogen-bond acceptors (Lipinski definition) is 3. The highest BCUT2D eigenvalue weighted by Gasteiger charge is 2.17. The van der Waals surface area contributed by atoms with E-state index in [-0.39, 0.29) is 17.5 Å². The van der Waals surface area contributed by atoms with Crippen molar-refractivity contribution >= 4 is 11.6 Å². The molecule has 2 aromatic carbocycles. The van der Waals surface area contributed by atoms with Gasteiger partial charge in [0.05, 0.1) is 0 Å². The van der Waals surface area contributed by atoms with Crippen LogP contribution in [0.4, 0.5) is 10.1 Å². The molecule has 0 spiro atoms. The molecule has 2 rings (SSSR count). The van der Waals surface area contributed by atoms with Gasteiger partial charge in [-0.05, 0) is 55.4 Å². The zero-order valence-corrected chi connectivity index (χ0v) is 11.5. The summed E-state index contributed by atoms with van der Waals surface area (Å²) in [7, 11) is 0. The minimum Gasteiger partial charge on any atom is -0.508 e. The number of nitrogens with zero attached hydrogens (tertiary/aromatic N) is 1. The van der Waals surface area contributed by atoms with E-state index < -0.39 is 0 Å². The molecule has 0 aliphatic carbocycles. The largest absolute Gasteiger partial charge is 0.508 e. The molecule has 0 atom stereocenters. The van der Waals surface area contributed by atoms with Crippen LogP contribution in [0.1, 0.15) is 16.8 Å². The Morgan fingerprint density at radius 3 is 2.52 bits per heavy atom. The molecule has 0 saturated carbocycles. The molecule has 0 aliphatic rings. The molecule has 0 aliphatic heterocycles. The maximum absolute atomic E-state index is 13.0. The van der Waals surface area contributed by atoms with Crippen LogP contribution in [0.25, 0.3) is 0 Å². The molecule has 0 radical (unpaired) electrons. The molecular weight excluding hydrogens is 271 g/mol. The third-order valence-electron chi connectivity index (χ3n) is 3.06. The number of hydrogen-bond donors (Lipinski definition) is 2. The first-order valence-corrected chi connectivity index (χ1v) is 6.68. The molecule has 0 aromatic heterocycles. The summed E-state index contributed by atoms with van der Waals surface area (Å²) in [6, 6.07) is 11.8. The molecule has 4 nitrogen and oxygen atoms in total.